The van der Waals surface area contributed by atoms with E-state index in [1.54, 1.807) is 0 Å². The Morgan fingerprint density at radius 3 is 2.36 bits per heavy atom. The minimum atomic E-state index is -4.85. The van der Waals surface area contributed by atoms with E-state index in [0.29, 0.717) is 0 Å². The van der Waals surface area contributed by atoms with Crippen LogP contribution < -0.4 is 0 Å². The predicted molar refractivity (Wildman–Crippen MR) is 49.1 cm³/mol. The molecule has 0 N–H and O–H groups in total. The minimum Gasteiger partial charge on any atom is -0.258 e. The molecule has 0 aliphatic heterocycles. The van der Waals surface area contributed by atoms with E-state index in [9.17, 15) is 22.4 Å². The molecule has 1 rings (SSSR count). The topological polar surface area (TPSA) is 77.3 Å². The summed E-state index contributed by atoms with van der Waals surface area (Å²) in [5.74, 6) is 0. The molecule has 0 atom stereocenters. The first-order valence-corrected chi connectivity index (χ1v) is 5.38. The summed E-state index contributed by atoms with van der Waals surface area (Å²) in [5, 5.41) is 10.3. The Labute approximate surface area is 87.0 Å². The van der Waals surface area contributed by atoms with Crippen molar-refractivity contribution in [3.8, 4) is 0 Å². The van der Waals surface area contributed by atoms with Crippen LogP contribution in [-0.2, 0) is 10.2 Å². The van der Waals surface area contributed by atoms with E-state index < -0.39 is 20.0 Å². The molecule has 5 nitrogen and oxygen atoms in total. The highest BCUT2D eigenvalue weighted by Gasteiger charge is 2.18. The van der Waals surface area contributed by atoms with Gasteiger partial charge in [0.2, 0.25) is 0 Å². The first kappa shape index (κ1) is 11.1. The molecule has 0 amide bonds. The normalized spacial score (nSPS) is 11.3. The van der Waals surface area contributed by atoms with Crippen molar-refractivity contribution in [2.75, 3.05) is 0 Å². The fourth-order valence-corrected chi connectivity index (χ4v) is 2.27. The molecule has 0 aromatic heterocycles. The number of nitro groups is 1. The summed E-state index contributed by atoms with van der Waals surface area (Å²) in [5.41, 5.74) is -0.315. The van der Waals surface area contributed by atoms with Crippen LogP contribution in [0.3, 0.4) is 0 Å². The molecule has 0 heterocycles. The average molecular weight is 284 g/mol. The van der Waals surface area contributed by atoms with Gasteiger partial charge in [-0.3, -0.25) is 10.1 Å². The maximum Gasteiger partial charge on any atom is 0.333 e. The van der Waals surface area contributed by atoms with Gasteiger partial charge in [0.25, 0.3) is 5.69 Å². The van der Waals surface area contributed by atoms with Gasteiger partial charge in [-0.1, -0.05) is 0 Å². The van der Waals surface area contributed by atoms with Gasteiger partial charge in [0, 0.05) is 16.6 Å². The molecule has 1 aromatic rings. The van der Waals surface area contributed by atoms with Crippen LogP contribution in [0.1, 0.15) is 0 Å². The fraction of sp³-hybridized carbons (Fsp3) is 0. The highest BCUT2D eigenvalue weighted by molar-refractivity contribution is 9.10. The summed E-state index contributed by atoms with van der Waals surface area (Å²) in [6.45, 7) is 0. The molecule has 0 bridgehead atoms. The molecular formula is C6H3BrFNO4S. The van der Waals surface area contributed by atoms with Crippen LogP contribution in [0, 0.1) is 10.1 Å². The van der Waals surface area contributed by atoms with Crippen LogP contribution in [0.25, 0.3) is 0 Å². The first-order valence-electron chi connectivity index (χ1n) is 3.21. The van der Waals surface area contributed by atoms with Crippen LogP contribution in [0.4, 0.5) is 9.57 Å². The summed E-state index contributed by atoms with van der Waals surface area (Å²) in [6.07, 6.45) is 0. The average Bonchev–Trinajstić information content (AvgIpc) is 2.01. The SMILES string of the molecule is O=[N+]([O-])c1ccc(S(=O)(=O)F)c(Br)c1. The van der Waals surface area contributed by atoms with E-state index >= 15 is 0 Å². The zero-order valence-corrected chi connectivity index (χ0v) is 8.88. The van der Waals surface area contributed by atoms with Crippen molar-refractivity contribution in [2.24, 2.45) is 0 Å². The Balaban J connectivity index is 3.35. The Bertz CT molecular complexity index is 487. The molecule has 14 heavy (non-hydrogen) atoms. The second-order valence-electron chi connectivity index (χ2n) is 2.31. The van der Waals surface area contributed by atoms with Gasteiger partial charge in [0.1, 0.15) is 4.90 Å². The van der Waals surface area contributed by atoms with Crippen LogP contribution in [-0.4, -0.2) is 13.3 Å². The molecule has 0 radical (unpaired) electrons. The maximum absolute atomic E-state index is 12.5. The summed E-state index contributed by atoms with van der Waals surface area (Å²) in [4.78, 5) is 8.92. The Hall–Kier alpha value is -1.02. The third-order valence-corrected chi connectivity index (χ3v) is 3.19. The van der Waals surface area contributed by atoms with E-state index in [4.69, 9.17) is 0 Å². The number of hydrogen-bond donors (Lipinski definition) is 0. The van der Waals surface area contributed by atoms with E-state index in [1.165, 1.54) is 0 Å². The molecule has 0 fully saturated rings. The molecule has 0 spiro atoms. The van der Waals surface area contributed by atoms with Gasteiger partial charge in [0.05, 0.1) is 4.92 Å². The van der Waals surface area contributed by atoms with Gasteiger partial charge in [-0.15, -0.1) is 3.89 Å². The lowest BCUT2D eigenvalue weighted by molar-refractivity contribution is -0.385. The summed E-state index contributed by atoms with van der Waals surface area (Å²) in [7, 11) is -4.85. The number of non-ortho nitro benzene ring substituents is 1. The maximum atomic E-state index is 12.5. The quantitative estimate of drug-likeness (QED) is 0.473. The number of halogens is 2. The van der Waals surface area contributed by atoms with E-state index in [-0.39, 0.29) is 10.2 Å². The molecule has 0 unspecified atom stereocenters. The standard InChI is InChI=1S/C6H3BrFNO4S/c7-5-3-4(9(10)11)1-2-6(5)14(8,12)13/h1-3H. The van der Waals surface area contributed by atoms with Crippen LogP contribution in [0.2, 0.25) is 0 Å². The zero-order valence-electron chi connectivity index (χ0n) is 6.48. The van der Waals surface area contributed by atoms with Gasteiger partial charge < -0.3 is 0 Å². The Morgan fingerprint density at radius 2 is 2.00 bits per heavy atom. The summed E-state index contributed by atoms with van der Waals surface area (Å²) < 4.78 is 33.3. The number of benzene rings is 1. The van der Waals surface area contributed by atoms with Crippen LogP contribution in [0.15, 0.2) is 27.6 Å². The van der Waals surface area contributed by atoms with Gasteiger partial charge in [-0.2, -0.15) is 8.42 Å². The van der Waals surface area contributed by atoms with E-state index in [1.807, 2.05) is 0 Å². The van der Waals surface area contributed by atoms with Crippen molar-refractivity contribution >= 4 is 31.8 Å². The van der Waals surface area contributed by atoms with Gasteiger partial charge >= 0.3 is 10.2 Å². The van der Waals surface area contributed by atoms with Crippen molar-refractivity contribution in [3.05, 3.63) is 32.8 Å². The molecule has 0 saturated carbocycles. The van der Waals surface area contributed by atoms with Crippen molar-refractivity contribution in [1.29, 1.82) is 0 Å². The predicted octanol–water partition coefficient (Wildman–Crippen LogP) is 2.02. The molecule has 0 saturated heterocycles. The lowest BCUT2D eigenvalue weighted by atomic mass is 10.3. The number of hydrogen-bond acceptors (Lipinski definition) is 4. The van der Waals surface area contributed by atoms with Gasteiger partial charge in [-0.05, 0) is 22.0 Å². The highest BCUT2D eigenvalue weighted by Crippen LogP contribution is 2.27. The third kappa shape index (κ3) is 2.26. The van der Waals surface area contributed by atoms with Crippen molar-refractivity contribution in [1.82, 2.24) is 0 Å². The fourth-order valence-electron chi connectivity index (χ4n) is 0.801. The van der Waals surface area contributed by atoms with E-state index in [0.717, 1.165) is 18.2 Å². The van der Waals surface area contributed by atoms with Crippen molar-refractivity contribution < 1.29 is 17.2 Å². The molecule has 1 aromatic carbocycles. The molecule has 0 aliphatic rings. The molecule has 8 heteroatoms. The Morgan fingerprint density at radius 1 is 1.43 bits per heavy atom. The van der Waals surface area contributed by atoms with Gasteiger partial charge in [-0.25, -0.2) is 0 Å². The number of rotatable bonds is 2. The smallest absolute Gasteiger partial charge is 0.258 e. The van der Waals surface area contributed by atoms with E-state index in [2.05, 4.69) is 15.9 Å². The Kier molecular flexibility index (Phi) is 2.86. The van der Waals surface area contributed by atoms with Gasteiger partial charge in [0.15, 0.2) is 0 Å². The second kappa shape index (κ2) is 3.62. The van der Waals surface area contributed by atoms with Crippen LogP contribution in [0.5, 0.6) is 0 Å². The molecular weight excluding hydrogens is 281 g/mol. The summed E-state index contributed by atoms with van der Waals surface area (Å²) >= 11 is 2.73. The summed E-state index contributed by atoms with van der Waals surface area (Å²) in [6, 6.07) is 2.67. The molecule has 0 aliphatic carbocycles. The third-order valence-electron chi connectivity index (χ3n) is 1.39. The lowest BCUT2D eigenvalue weighted by Gasteiger charge is -1.98. The highest BCUT2D eigenvalue weighted by atomic mass is 79.9. The zero-order chi connectivity index (χ0) is 10.9. The lowest BCUT2D eigenvalue weighted by Crippen LogP contribution is -1.95. The van der Waals surface area contributed by atoms with Crippen LogP contribution >= 0.6 is 15.9 Å². The minimum absolute atomic E-state index is 0.172. The number of nitro benzene ring substituents is 1. The van der Waals surface area contributed by atoms with Crippen molar-refractivity contribution in [3.63, 3.8) is 0 Å². The van der Waals surface area contributed by atoms with Crippen molar-refractivity contribution in [2.45, 2.75) is 4.90 Å². The monoisotopic (exact) mass is 283 g/mol. The first-order chi connectivity index (χ1) is 6.32. The second-order valence-corrected chi connectivity index (χ2v) is 4.48. The molecule has 76 valence electrons. The largest absolute Gasteiger partial charge is 0.333 e. The number of nitrogens with zero attached hydrogens (tertiary/aromatic N) is 1.